The first kappa shape index (κ1) is 17.9. The first-order valence-corrected chi connectivity index (χ1v) is 9.03. The molecule has 138 valence electrons. The summed E-state index contributed by atoms with van der Waals surface area (Å²) in [6.45, 7) is 7.62. The Morgan fingerprint density at radius 3 is 2.76 bits per heavy atom. The summed E-state index contributed by atoms with van der Waals surface area (Å²) in [5, 5.41) is 7.46. The van der Waals surface area contributed by atoms with Gasteiger partial charge in [-0.1, -0.05) is 0 Å². The lowest BCUT2D eigenvalue weighted by molar-refractivity contribution is -0.140. The van der Waals surface area contributed by atoms with E-state index in [0.29, 0.717) is 6.04 Å². The maximum absolute atomic E-state index is 12.6. The zero-order valence-corrected chi connectivity index (χ0v) is 15.1. The summed E-state index contributed by atoms with van der Waals surface area (Å²) in [7, 11) is 1.68. The minimum atomic E-state index is -0.403. The van der Waals surface area contributed by atoms with E-state index in [9.17, 15) is 9.59 Å². The van der Waals surface area contributed by atoms with Crippen LogP contribution in [-0.2, 0) is 9.59 Å². The molecule has 2 unspecified atom stereocenters. The minimum Gasteiger partial charge on any atom is -0.340 e. The number of hydrogen-bond acceptors (Lipinski definition) is 5. The van der Waals surface area contributed by atoms with Crippen LogP contribution in [0.25, 0.3) is 0 Å². The highest BCUT2D eigenvalue weighted by atomic mass is 16.2. The molecule has 3 rings (SSSR count). The number of nitrogens with zero attached hydrogens (tertiary/aromatic N) is 5. The van der Waals surface area contributed by atoms with Gasteiger partial charge in [0.05, 0.1) is 6.54 Å². The molecule has 0 spiro atoms. The van der Waals surface area contributed by atoms with Crippen molar-refractivity contribution in [3.63, 3.8) is 0 Å². The van der Waals surface area contributed by atoms with Crippen molar-refractivity contribution in [1.82, 2.24) is 29.8 Å². The quantitative estimate of drug-likeness (QED) is 0.770. The highest BCUT2D eigenvalue weighted by molar-refractivity contribution is 5.86. The van der Waals surface area contributed by atoms with Crippen LogP contribution in [0.4, 0.5) is 0 Å². The molecule has 2 aliphatic heterocycles. The number of hydrogen-bond donors (Lipinski definition) is 1. The Bertz CT molecular complexity index is 584. The van der Waals surface area contributed by atoms with Gasteiger partial charge in [0.15, 0.2) is 0 Å². The van der Waals surface area contributed by atoms with Gasteiger partial charge in [-0.2, -0.15) is 5.10 Å². The second-order valence-corrected chi connectivity index (χ2v) is 6.92. The van der Waals surface area contributed by atoms with E-state index in [1.807, 2.05) is 4.90 Å². The van der Waals surface area contributed by atoms with Crippen LogP contribution < -0.4 is 5.32 Å². The highest BCUT2D eigenvalue weighted by Crippen LogP contribution is 2.17. The Labute approximate surface area is 148 Å². The molecule has 25 heavy (non-hydrogen) atoms. The number of aromatic nitrogens is 2. The van der Waals surface area contributed by atoms with Crippen molar-refractivity contribution < 1.29 is 9.59 Å². The predicted molar refractivity (Wildman–Crippen MR) is 94.0 cm³/mol. The predicted octanol–water partition coefficient (Wildman–Crippen LogP) is -0.591. The Morgan fingerprint density at radius 1 is 1.32 bits per heavy atom. The number of carbonyl (C=O) groups excluding carboxylic acids is 2. The van der Waals surface area contributed by atoms with Crippen molar-refractivity contribution in [2.24, 2.45) is 0 Å². The first-order valence-electron chi connectivity index (χ1n) is 9.03. The van der Waals surface area contributed by atoms with Gasteiger partial charge < -0.3 is 15.1 Å². The average Bonchev–Trinajstić information content (AvgIpc) is 3.32. The summed E-state index contributed by atoms with van der Waals surface area (Å²) in [6, 6.07) is 1.84. The van der Waals surface area contributed by atoms with Crippen molar-refractivity contribution >= 4 is 11.8 Å². The number of rotatable bonds is 5. The molecule has 1 N–H and O–H groups in total. The van der Waals surface area contributed by atoms with Crippen molar-refractivity contribution in [3.8, 4) is 0 Å². The van der Waals surface area contributed by atoms with Crippen LogP contribution in [0.2, 0.25) is 0 Å². The van der Waals surface area contributed by atoms with Crippen LogP contribution in [0.1, 0.15) is 19.4 Å². The van der Waals surface area contributed by atoms with E-state index in [-0.39, 0.29) is 18.4 Å². The molecule has 2 atom stereocenters. The zero-order chi connectivity index (χ0) is 17.8. The summed E-state index contributed by atoms with van der Waals surface area (Å²) in [6.07, 6.45) is 4.43. The molecule has 2 aliphatic rings. The third kappa shape index (κ3) is 4.19. The molecule has 0 aromatic carbocycles. The monoisotopic (exact) mass is 348 g/mol. The van der Waals surface area contributed by atoms with Crippen LogP contribution in [0.5, 0.6) is 0 Å². The molecule has 3 heterocycles. The topological polar surface area (TPSA) is 73.7 Å². The van der Waals surface area contributed by atoms with E-state index < -0.39 is 6.04 Å². The molecule has 2 fully saturated rings. The second-order valence-electron chi connectivity index (χ2n) is 6.92. The third-order valence-electron chi connectivity index (χ3n) is 5.21. The fourth-order valence-electron chi connectivity index (χ4n) is 3.64. The van der Waals surface area contributed by atoms with E-state index in [4.69, 9.17) is 0 Å². The molecule has 2 amide bonds. The van der Waals surface area contributed by atoms with Gasteiger partial charge in [0.1, 0.15) is 6.04 Å². The molecule has 0 saturated carbocycles. The highest BCUT2D eigenvalue weighted by Gasteiger charge is 2.32. The Morgan fingerprint density at radius 2 is 2.08 bits per heavy atom. The number of carbonyl (C=O) groups is 2. The third-order valence-corrected chi connectivity index (χ3v) is 5.21. The fraction of sp³-hybridized carbons (Fsp3) is 0.706. The molecule has 1 aromatic heterocycles. The van der Waals surface area contributed by atoms with E-state index in [2.05, 4.69) is 15.3 Å². The van der Waals surface area contributed by atoms with E-state index in [1.54, 1.807) is 37.1 Å². The molecule has 8 heteroatoms. The van der Waals surface area contributed by atoms with E-state index in [0.717, 1.165) is 45.7 Å². The summed E-state index contributed by atoms with van der Waals surface area (Å²) in [5.41, 5.74) is 0. The SMILES string of the molecule is CC(C(=O)N(C)CC(=O)N1CCC(N2CCNCC2)C1)n1cccn1. The lowest BCUT2D eigenvalue weighted by Crippen LogP contribution is -2.50. The Hall–Kier alpha value is -1.93. The first-order chi connectivity index (χ1) is 12.1. The largest absolute Gasteiger partial charge is 0.340 e. The summed E-state index contributed by atoms with van der Waals surface area (Å²) in [4.78, 5) is 30.9. The van der Waals surface area contributed by atoms with Gasteiger partial charge in [-0.05, 0) is 19.4 Å². The molecule has 0 radical (unpaired) electrons. The number of amides is 2. The minimum absolute atomic E-state index is 0.0288. The normalized spacial score (nSPS) is 22.8. The Balaban J connectivity index is 1.49. The molecule has 2 saturated heterocycles. The Kier molecular flexibility index (Phi) is 5.70. The van der Waals surface area contributed by atoms with E-state index in [1.165, 1.54) is 4.90 Å². The van der Waals surface area contributed by atoms with Gasteiger partial charge in [-0.25, -0.2) is 0 Å². The molecule has 0 bridgehead atoms. The van der Waals surface area contributed by atoms with Gasteiger partial charge in [-0.3, -0.25) is 19.2 Å². The van der Waals surface area contributed by atoms with Gasteiger partial charge in [-0.15, -0.1) is 0 Å². The van der Waals surface area contributed by atoms with Crippen LogP contribution in [0.15, 0.2) is 18.5 Å². The van der Waals surface area contributed by atoms with Crippen molar-refractivity contribution in [2.45, 2.75) is 25.4 Å². The molecule has 8 nitrogen and oxygen atoms in total. The van der Waals surface area contributed by atoms with E-state index >= 15 is 0 Å². The number of nitrogens with one attached hydrogen (secondary N) is 1. The second kappa shape index (κ2) is 7.97. The summed E-state index contributed by atoms with van der Waals surface area (Å²) < 4.78 is 1.61. The molecule has 0 aliphatic carbocycles. The molecular weight excluding hydrogens is 320 g/mol. The molecular formula is C17H28N6O2. The van der Waals surface area contributed by atoms with Gasteiger partial charge in [0.25, 0.3) is 0 Å². The average molecular weight is 348 g/mol. The van der Waals surface area contributed by atoms with Crippen molar-refractivity contribution in [1.29, 1.82) is 0 Å². The van der Waals surface area contributed by atoms with Crippen molar-refractivity contribution in [2.75, 3.05) is 52.9 Å². The van der Waals surface area contributed by atoms with Gasteiger partial charge >= 0.3 is 0 Å². The van der Waals surface area contributed by atoms with Crippen LogP contribution in [0, 0.1) is 0 Å². The number of piperazine rings is 1. The van der Waals surface area contributed by atoms with Crippen LogP contribution in [-0.4, -0.2) is 95.2 Å². The van der Waals surface area contributed by atoms with Gasteiger partial charge in [0.2, 0.25) is 11.8 Å². The lowest BCUT2D eigenvalue weighted by atomic mass is 10.2. The number of likely N-dealkylation sites (N-methyl/N-ethyl adjacent to an activating group) is 1. The van der Waals surface area contributed by atoms with Crippen molar-refractivity contribution in [3.05, 3.63) is 18.5 Å². The summed E-state index contributed by atoms with van der Waals surface area (Å²) in [5.74, 6) is -0.0731. The smallest absolute Gasteiger partial charge is 0.247 e. The fourth-order valence-corrected chi connectivity index (χ4v) is 3.64. The maximum Gasteiger partial charge on any atom is 0.247 e. The van der Waals surface area contributed by atoms with Gasteiger partial charge in [0, 0.05) is 64.8 Å². The zero-order valence-electron chi connectivity index (χ0n) is 15.1. The van der Waals surface area contributed by atoms with Crippen LogP contribution >= 0.6 is 0 Å². The standard InChI is InChI=1S/C17H28N6O2/c1-14(23-8-3-5-19-23)17(25)20(2)13-16(24)22-9-4-15(12-22)21-10-6-18-7-11-21/h3,5,8,14-15,18H,4,6-7,9-13H2,1-2H3. The maximum atomic E-state index is 12.6. The summed E-state index contributed by atoms with van der Waals surface area (Å²) >= 11 is 0. The lowest BCUT2D eigenvalue weighted by Gasteiger charge is -2.32. The van der Waals surface area contributed by atoms with Crippen LogP contribution in [0.3, 0.4) is 0 Å². The number of likely N-dealkylation sites (tertiary alicyclic amines) is 1. The molecule has 1 aromatic rings.